The fraction of sp³-hybridized carbons (Fsp3) is 0. The Morgan fingerprint density at radius 3 is 2.83 bits per heavy atom. The summed E-state index contributed by atoms with van der Waals surface area (Å²) >= 11 is 5.96. The van der Waals surface area contributed by atoms with Gasteiger partial charge in [0.25, 0.3) is 0 Å². The molecule has 0 aliphatic heterocycles. The molecule has 0 atom stereocenters. The van der Waals surface area contributed by atoms with Crippen LogP contribution in [0.2, 0.25) is 5.15 Å². The molecule has 4 nitrogen and oxygen atoms in total. The number of aromatic nitrogens is 3. The molecule has 2 heterocycles. The molecule has 0 saturated carbocycles. The molecule has 2 rings (SSSR count). The lowest BCUT2D eigenvalue weighted by Gasteiger charge is -2.06. The summed E-state index contributed by atoms with van der Waals surface area (Å²) in [6, 6.07) is 1.59. The van der Waals surface area contributed by atoms with E-state index >= 15 is 0 Å². The first-order valence-corrected chi connectivity index (χ1v) is 5.30. The van der Waals surface area contributed by atoms with Crippen LogP contribution in [0.3, 0.4) is 0 Å². The Morgan fingerprint density at radius 2 is 2.22 bits per heavy atom. The van der Waals surface area contributed by atoms with Crippen LogP contribution in [-0.2, 0) is 0 Å². The molecule has 6 heteroatoms. The third-order valence-electron chi connectivity index (χ3n) is 2.27. The zero-order valence-electron chi connectivity index (χ0n) is 9.27. The first kappa shape index (κ1) is 12.3. The topological polar surface area (TPSA) is 51.0 Å². The lowest BCUT2D eigenvalue weighted by atomic mass is 10.1. The Bertz CT molecular complexity index is 627. The van der Waals surface area contributed by atoms with Gasteiger partial charge in [-0.1, -0.05) is 24.3 Å². The summed E-state index contributed by atoms with van der Waals surface area (Å²) in [5.41, 5.74) is 1.38. The fourth-order valence-electron chi connectivity index (χ4n) is 1.46. The average Bonchev–Trinajstić information content (AvgIpc) is 2.38. The normalized spacial score (nSPS) is 10.1. The lowest BCUT2D eigenvalue weighted by molar-refractivity contribution is 0.617. The first-order chi connectivity index (χ1) is 8.67. The molecular weight excluding hydrogens is 255 g/mol. The molecule has 0 amide bonds. The van der Waals surface area contributed by atoms with Gasteiger partial charge in [-0.15, -0.1) is 0 Å². The van der Waals surface area contributed by atoms with Crippen LogP contribution in [0.5, 0.6) is 0 Å². The minimum absolute atomic E-state index is 0.0746. The molecule has 0 spiro atoms. The Balaban J connectivity index is 2.67. The largest absolute Gasteiger partial charge is 0.261 e. The van der Waals surface area contributed by atoms with Crippen molar-refractivity contribution in [2.24, 2.45) is 4.99 Å². The minimum Gasteiger partial charge on any atom is -0.261 e. The number of hydrogen-bond donors (Lipinski definition) is 0. The minimum atomic E-state index is -0.574. The van der Waals surface area contributed by atoms with Crippen molar-refractivity contribution in [2.45, 2.75) is 0 Å². The second-order valence-corrected chi connectivity index (χ2v) is 3.68. The number of hydrogen-bond acceptors (Lipinski definition) is 4. The predicted octanol–water partition coefficient (Wildman–Crippen LogP) is 3.31. The van der Waals surface area contributed by atoms with E-state index in [1.807, 2.05) is 0 Å². The predicted molar refractivity (Wildman–Crippen MR) is 69.5 cm³/mol. The maximum atomic E-state index is 13.6. The van der Waals surface area contributed by atoms with Crippen LogP contribution in [-0.4, -0.2) is 21.7 Å². The van der Waals surface area contributed by atoms with Crippen LogP contribution in [0, 0.1) is 5.82 Å². The zero-order valence-corrected chi connectivity index (χ0v) is 10.0. The molecule has 90 valence electrons. The van der Waals surface area contributed by atoms with Crippen molar-refractivity contribution in [2.75, 3.05) is 0 Å². The summed E-state index contributed by atoms with van der Waals surface area (Å²) in [5.74, 6) is -0.574. The van der Waals surface area contributed by atoms with Crippen molar-refractivity contribution < 1.29 is 4.39 Å². The smallest absolute Gasteiger partial charge is 0.169 e. The Labute approximate surface area is 108 Å². The van der Waals surface area contributed by atoms with Crippen molar-refractivity contribution in [3.63, 3.8) is 0 Å². The maximum Gasteiger partial charge on any atom is 0.169 e. The highest BCUT2D eigenvalue weighted by atomic mass is 35.5. The molecule has 0 unspecified atom stereocenters. The quantitative estimate of drug-likeness (QED) is 0.630. The molecule has 0 N–H and O–H groups in total. The van der Waals surface area contributed by atoms with Gasteiger partial charge < -0.3 is 0 Å². The number of rotatable bonds is 3. The standard InChI is InChI=1S/C12H8ClFN4/c1-3-7-4-9(18-12(13)10(7)15-2)11-8(14)5-16-6-17-11/h3-6H,1-2H2. The van der Waals surface area contributed by atoms with Gasteiger partial charge in [-0.05, 0) is 12.8 Å². The first-order valence-electron chi connectivity index (χ1n) is 4.93. The van der Waals surface area contributed by atoms with Crippen LogP contribution in [0.25, 0.3) is 17.5 Å². The van der Waals surface area contributed by atoms with E-state index in [2.05, 4.69) is 33.2 Å². The number of aliphatic imine (C=N–C) groups is 1. The van der Waals surface area contributed by atoms with E-state index in [9.17, 15) is 4.39 Å². The lowest BCUT2D eigenvalue weighted by Crippen LogP contribution is -1.94. The van der Waals surface area contributed by atoms with Crippen molar-refractivity contribution in [3.8, 4) is 11.4 Å². The summed E-state index contributed by atoms with van der Waals surface area (Å²) in [5, 5.41) is 0.121. The molecule has 2 aromatic rings. The summed E-state index contributed by atoms with van der Waals surface area (Å²) in [6.07, 6.45) is 3.84. The van der Waals surface area contributed by atoms with Crippen LogP contribution in [0.15, 0.2) is 30.2 Å². The summed E-state index contributed by atoms with van der Waals surface area (Å²) in [4.78, 5) is 15.2. The van der Waals surface area contributed by atoms with Crippen molar-refractivity contribution in [3.05, 3.63) is 41.7 Å². The van der Waals surface area contributed by atoms with Gasteiger partial charge >= 0.3 is 0 Å². The van der Waals surface area contributed by atoms with Gasteiger partial charge in [-0.25, -0.2) is 19.3 Å². The van der Waals surface area contributed by atoms with Gasteiger partial charge in [0.05, 0.1) is 11.9 Å². The van der Waals surface area contributed by atoms with Crippen molar-refractivity contribution in [1.82, 2.24) is 15.0 Å². The van der Waals surface area contributed by atoms with Crippen LogP contribution in [0.1, 0.15) is 5.56 Å². The number of halogens is 2. The Hall–Kier alpha value is -2.14. The van der Waals surface area contributed by atoms with Gasteiger partial charge in [0.1, 0.15) is 17.7 Å². The maximum absolute atomic E-state index is 13.6. The second kappa shape index (κ2) is 5.01. The monoisotopic (exact) mass is 262 g/mol. The van der Waals surface area contributed by atoms with Crippen molar-refractivity contribution in [1.29, 1.82) is 0 Å². The molecular formula is C12H8ClFN4. The van der Waals surface area contributed by atoms with Gasteiger partial charge in [-0.3, -0.25) is 4.99 Å². The highest BCUT2D eigenvalue weighted by molar-refractivity contribution is 6.32. The number of nitrogens with zero attached hydrogens (tertiary/aromatic N) is 4. The van der Waals surface area contributed by atoms with Gasteiger partial charge in [-0.2, -0.15) is 0 Å². The van der Waals surface area contributed by atoms with Gasteiger partial charge in [0.2, 0.25) is 0 Å². The molecule has 0 radical (unpaired) electrons. The van der Waals surface area contributed by atoms with E-state index in [1.165, 1.54) is 6.33 Å². The second-order valence-electron chi connectivity index (χ2n) is 3.32. The van der Waals surface area contributed by atoms with E-state index in [0.717, 1.165) is 6.20 Å². The SMILES string of the molecule is C=Cc1cc(-c2ncncc2F)nc(Cl)c1N=C. The van der Waals surface area contributed by atoms with Gasteiger partial charge in [0, 0.05) is 5.56 Å². The third kappa shape index (κ3) is 2.12. The summed E-state index contributed by atoms with van der Waals surface area (Å²) in [6.45, 7) is 7.04. The highest BCUT2D eigenvalue weighted by Gasteiger charge is 2.13. The van der Waals surface area contributed by atoms with E-state index in [1.54, 1.807) is 12.1 Å². The van der Waals surface area contributed by atoms with E-state index < -0.39 is 5.82 Å². The Kier molecular flexibility index (Phi) is 3.43. The molecule has 0 aliphatic carbocycles. The van der Waals surface area contributed by atoms with Crippen LogP contribution < -0.4 is 0 Å². The molecule has 0 bridgehead atoms. The highest BCUT2D eigenvalue weighted by Crippen LogP contribution is 2.31. The van der Waals surface area contributed by atoms with E-state index in [4.69, 9.17) is 11.6 Å². The van der Waals surface area contributed by atoms with Gasteiger partial charge in [0.15, 0.2) is 11.0 Å². The summed E-state index contributed by atoms with van der Waals surface area (Å²) in [7, 11) is 0. The average molecular weight is 263 g/mol. The molecule has 0 saturated heterocycles. The fourth-order valence-corrected chi connectivity index (χ4v) is 1.72. The van der Waals surface area contributed by atoms with Crippen LogP contribution in [0.4, 0.5) is 10.1 Å². The molecule has 18 heavy (non-hydrogen) atoms. The molecule has 2 aromatic heterocycles. The van der Waals surface area contributed by atoms with Crippen molar-refractivity contribution >= 4 is 30.1 Å². The Morgan fingerprint density at radius 1 is 1.44 bits per heavy atom. The van der Waals surface area contributed by atoms with Crippen LogP contribution >= 0.6 is 11.6 Å². The zero-order chi connectivity index (χ0) is 13.1. The molecule has 0 aliphatic rings. The number of pyridine rings is 1. The molecule has 0 aromatic carbocycles. The van der Waals surface area contributed by atoms with E-state index in [-0.39, 0.29) is 10.8 Å². The molecule has 0 fully saturated rings. The third-order valence-corrected chi connectivity index (χ3v) is 2.53. The van der Waals surface area contributed by atoms with E-state index in [0.29, 0.717) is 16.9 Å². The summed E-state index contributed by atoms with van der Waals surface area (Å²) < 4.78 is 13.6.